The highest BCUT2D eigenvalue weighted by Crippen LogP contribution is 2.56. The zero-order chi connectivity index (χ0) is 13.2. The summed E-state index contributed by atoms with van der Waals surface area (Å²) in [7, 11) is 0. The van der Waals surface area contributed by atoms with E-state index in [2.05, 4.69) is 26.1 Å². The van der Waals surface area contributed by atoms with Crippen LogP contribution in [0, 0.1) is 5.41 Å². The fraction of sp³-hybridized carbons (Fsp3) is 0.929. The van der Waals surface area contributed by atoms with Gasteiger partial charge in [0, 0.05) is 18.1 Å². The van der Waals surface area contributed by atoms with E-state index in [0.717, 1.165) is 13.0 Å². The van der Waals surface area contributed by atoms with Crippen LogP contribution < -0.4 is 11.1 Å². The molecule has 0 amide bonds. The van der Waals surface area contributed by atoms with Crippen LogP contribution in [0.4, 0.5) is 0 Å². The maximum absolute atomic E-state index is 5.95. The van der Waals surface area contributed by atoms with Crippen LogP contribution in [-0.2, 0) is 4.74 Å². The molecule has 1 spiro atoms. The molecule has 2 fully saturated rings. The summed E-state index contributed by atoms with van der Waals surface area (Å²) in [6.07, 6.45) is 6.57. The van der Waals surface area contributed by atoms with Crippen LogP contribution in [0.3, 0.4) is 0 Å². The molecule has 0 aromatic rings. The molecular weight excluding hydrogens is 226 g/mol. The molecule has 18 heavy (non-hydrogen) atoms. The first-order chi connectivity index (χ1) is 8.58. The third-order valence-corrected chi connectivity index (χ3v) is 4.38. The van der Waals surface area contributed by atoms with Gasteiger partial charge in [-0.3, -0.25) is 0 Å². The van der Waals surface area contributed by atoms with Crippen molar-refractivity contribution in [3.63, 3.8) is 0 Å². The topological polar surface area (TPSA) is 59.6 Å². The smallest absolute Gasteiger partial charge is 0.189 e. The van der Waals surface area contributed by atoms with Crippen molar-refractivity contribution in [2.24, 2.45) is 16.1 Å². The third-order valence-electron chi connectivity index (χ3n) is 4.38. The fourth-order valence-electron chi connectivity index (χ4n) is 3.53. The van der Waals surface area contributed by atoms with E-state index in [1.165, 1.54) is 25.7 Å². The van der Waals surface area contributed by atoms with Gasteiger partial charge in [-0.25, -0.2) is 4.99 Å². The van der Waals surface area contributed by atoms with E-state index in [9.17, 15) is 0 Å². The van der Waals surface area contributed by atoms with Crippen LogP contribution in [0.5, 0.6) is 0 Å². The molecule has 4 heteroatoms. The second kappa shape index (κ2) is 5.47. The standard InChI is InChI=1S/C14H27N3O/c1-4-18-12-9-11(14(12)7-5-6-8-14)17-13(15)16-10(2)3/h10-12H,4-9H2,1-3H3,(H3,15,16,17). The molecule has 2 atom stereocenters. The molecule has 0 heterocycles. The molecule has 2 rings (SSSR count). The molecule has 0 aromatic heterocycles. The molecule has 2 aliphatic carbocycles. The lowest BCUT2D eigenvalue weighted by Gasteiger charge is -2.52. The Balaban J connectivity index is 2.01. The van der Waals surface area contributed by atoms with E-state index < -0.39 is 0 Å². The van der Waals surface area contributed by atoms with Crippen LogP contribution >= 0.6 is 0 Å². The summed E-state index contributed by atoms with van der Waals surface area (Å²) in [5.41, 5.74) is 6.24. The van der Waals surface area contributed by atoms with E-state index in [4.69, 9.17) is 15.5 Å². The van der Waals surface area contributed by atoms with Crippen LogP contribution in [0.15, 0.2) is 4.99 Å². The summed E-state index contributed by atoms with van der Waals surface area (Å²) >= 11 is 0. The molecule has 2 unspecified atom stereocenters. The molecule has 3 N–H and O–H groups in total. The second-order valence-electron chi connectivity index (χ2n) is 5.95. The number of hydrogen-bond acceptors (Lipinski definition) is 2. The molecule has 0 bridgehead atoms. The fourth-order valence-corrected chi connectivity index (χ4v) is 3.53. The lowest BCUT2D eigenvalue weighted by Crippen LogP contribution is -2.57. The van der Waals surface area contributed by atoms with Crippen LogP contribution in [0.25, 0.3) is 0 Å². The highest BCUT2D eigenvalue weighted by atomic mass is 16.5. The Kier molecular flexibility index (Phi) is 4.15. The first kappa shape index (κ1) is 13.7. The van der Waals surface area contributed by atoms with Gasteiger partial charge in [0.2, 0.25) is 0 Å². The van der Waals surface area contributed by atoms with E-state index in [0.29, 0.717) is 29.6 Å². The van der Waals surface area contributed by atoms with E-state index in [1.54, 1.807) is 0 Å². The second-order valence-corrected chi connectivity index (χ2v) is 5.95. The van der Waals surface area contributed by atoms with Gasteiger partial charge in [0.05, 0.1) is 12.1 Å². The lowest BCUT2D eigenvalue weighted by atomic mass is 9.61. The molecule has 2 saturated carbocycles. The monoisotopic (exact) mass is 253 g/mol. The van der Waals surface area contributed by atoms with Gasteiger partial charge in [-0.2, -0.15) is 0 Å². The van der Waals surface area contributed by atoms with E-state index in [-0.39, 0.29) is 0 Å². The Morgan fingerprint density at radius 1 is 1.44 bits per heavy atom. The number of rotatable bonds is 4. The van der Waals surface area contributed by atoms with Crippen molar-refractivity contribution in [1.82, 2.24) is 5.32 Å². The highest BCUT2D eigenvalue weighted by Gasteiger charge is 2.56. The van der Waals surface area contributed by atoms with Gasteiger partial charge in [0.1, 0.15) is 0 Å². The van der Waals surface area contributed by atoms with Gasteiger partial charge < -0.3 is 15.8 Å². The molecule has 0 saturated heterocycles. The Labute approximate surface area is 110 Å². The Bertz CT molecular complexity index is 308. The van der Waals surface area contributed by atoms with Gasteiger partial charge in [-0.15, -0.1) is 0 Å². The number of nitrogens with two attached hydrogens (primary N) is 1. The Hall–Kier alpha value is -0.770. The van der Waals surface area contributed by atoms with Crippen LogP contribution in [0.2, 0.25) is 0 Å². The molecule has 0 radical (unpaired) electrons. The predicted octanol–water partition coefficient (Wildman–Crippen LogP) is 2.04. The van der Waals surface area contributed by atoms with Crippen LogP contribution in [-0.4, -0.2) is 30.8 Å². The average Bonchev–Trinajstić information content (AvgIpc) is 2.78. The molecule has 0 aromatic carbocycles. The summed E-state index contributed by atoms with van der Waals surface area (Å²) in [5.74, 6) is 0.594. The number of ether oxygens (including phenoxy) is 1. The van der Waals surface area contributed by atoms with Crippen molar-refractivity contribution in [1.29, 1.82) is 0 Å². The number of hydrogen-bond donors (Lipinski definition) is 2. The number of guanidine groups is 1. The Morgan fingerprint density at radius 3 is 2.67 bits per heavy atom. The normalized spacial score (nSPS) is 30.8. The summed E-state index contributed by atoms with van der Waals surface area (Å²) in [4.78, 5) is 4.69. The molecule has 4 nitrogen and oxygen atoms in total. The summed E-state index contributed by atoms with van der Waals surface area (Å²) in [6.45, 7) is 7.05. The van der Waals surface area contributed by atoms with Crippen molar-refractivity contribution >= 4 is 5.96 Å². The first-order valence-corrected chi connectivity index (χ1v) is 7.30. The summed E-state index contributed by atoms with van der Waals surface area (Å²) in [6, 6.07) is 0.707. The maximum atomic E-state index is 5.95. The van der Waals surface area contributed by atoms with E-state index in [1.807, 2.05) is 0 Å². The Morgan fingerprint density at radius 2 is 2.11 bits per heavy atom. The summed E-state index contributed by atoms with van der Waals surface area (Å²) < 4.78 is 5.88. The number of aliphatic imine (C=N–C) groups is 1. The van der Waals surface area contributed by atoms with Crippen molar-refractivity contribution in [3.05, 3.63) is 0 Å². The third kappa shape index (κ3) is 2.48. The summed E-state index contributed by atoms with van der Waals surface area (Å²) in [5, 5.41) is 3.18. The van der Waals surface area contributed by atoms with Gasteiger partial charge in [-0.1, -0.05) is 12.8 Å². The molecule has 104 valence electrons. The SMILES string of the molecule is CCOC1CC(N=C(N)NC(C)C)C12CCCC2. The van der Waals surface area contributed by atoms with Crippen molar-refractivity contribution < 1.29 is 4.74 Å². The van der Waals surface area contributed by atoms with Crippen LogP contribution in [0.1, 0.15) is 52.9 Å². The van der Waals surface area contributed by atoms with E-state index >= 15 is 0 Å². The molecule has 0 aliphatic heterocycles. The maximum Gasteiger partial charge on any atom is 0.189 e. The largest absolute Gasteiger partial charge is 0.378 e. The minimum absolute atomic E-state index is 0.291. The number of nitrogens with zero attached hydrogens (tertiary/aromatic N) is 1. The van der Waals surface area contributed by atoms with Gasteiger partial charge >= 0.3 is 0 Å². The average molecular weight is 253 g/mol. The highest BCUT2D eigenvalue weighted by molar-refractivity contribution is 5.78. The quantitative estimate of drug-likeness (QED) is 0.595. The minimum Gasteiger partial charge on any atom is -0.378 e. The van der Waals surface area contributed by atoms with Gasteiger partial charge in [0.15, 0.2) is 5.96 Å². The van der Waals surface area contributed by atoms with Crippen molar-refractivity contribution in [2.45, 2.75) is 71.1 Å². The lowest BCUT2D eigenvalue weighted by molar-refractivity contribution is -0.119. The van der Waals surface area contributed by atoms with Gasteiger partial charge in [-0.05, 0) is 40.0 Å². The van der Waals surface area contributed by atoms with Crippen molar-refractivity contribution in [3.8, 4) is 0 Å². The van der Waals surface area contributed by atoms with Crippen molar-refractivity contribution in [2.75, 3.05) is 6.61 Å². The number of nitrogens with one attached hydrogen (secondary N) is 1. The predicted molar refractivity (Wildman–Crippen MR) is 74.6 cm³/mol. The first-order valence-electron chi connectivity index (χ1n) is 7.30. The zero-order valence-corrected chi connectivity index (χ0v) is 11.9. The van der Waals surface area contributed by atoms with Gasteiger partial charge in [0.25, 0.3) is 0 Å². The zero-order valence-electron chi connectivity index (χ0n) is 11.9. The minimum atomic E-state index is 0.291. The molecule has 2 aliphatic rings. The molecular formula is C14H27N3O.